The van der Waals surface area contributed by atoms with Crippen molar-refractivity contribution >= 4 is 35.8 Å². The molecule has 0 amide bonds. The molecule has 0 bridgehead atoms. The smallest absolute Gasteiger partial charge is 0.195 e. The second-order valence-corrected chi connectivity index (χ2v) is 4.79. The number of halogens is 1. The number of hydrogen-bond donors (Lipinski definition) is 0. The van der Waals surface area contributed by atoms with Crippen LogP contribution in [-0.2, 0) is 6.54 Å². The van der Waals surface area contributed by atoms with Crippen LogP contribution in [0.2, 0.25) is 0 Å². The summed E-state index contributed by atoms with van der Waals surface area (Å²) in [6.45, 7) is 0.632. The van der Waals surface area contributed by atoms with E-state index in [1.807, 2.05) is 63.1 Å². The van der Waals surface area contributed by atoms with E-state index >= 15 is 0 Å². The first-order valence-electron chi connectivity index (χ1n) is 5.93. The van der Waals surface area contributed by atoms with E-state index in [9.17, 15) is 0 Å². The average Bonchev–Trinajstić information content (AvgIpc) is 2.28. The van der Waals surface area contributed by atoms with Crippen LogP contribution in [-0.4, -0.2) is 63.0 Å². The zero-order chi connectivity index (χ0) is 13.7. The van der Waals surface area contributed by atoms with Gasteiger partial charge in [-0.05, 0) is 6.07 Å². The summed E-state index contributed by atoms with van der Waals surface area (Å²) in [5, 5.41) is 0. The van der Waals surface area contributed by atoms with Crippen LogP contribution in [0.4, 0.5) is 5.82 Å². The van der Waals surface area contributed by atoms with Crippen LogP contribution in [0.25, 0.3) is 0 Å². The van der Waals surface area contributed by atoms with E-state index in [1.54, 1.807) is 6.20 Å². The molecule has 0 N–H and O–H groups in total. The maximum atomic E-state index is 4.64. The molecule has 5 nitrogen and oxygen atoms in total. The van der Waals surface area contributed by atoms with E-state index in [1.165, 1.54) is 0 Å². The van der Waals surface area contributed by atoms with Crippen LogP contribution in [0.15, 0.2) is 23.3 Å². The van der Waals surface area contributed by atoms with Gasteiger partial charge in [-0.15, -0.1) is 24.0 Å². The second-order valence-electron chi connectivity index (χ2n) is 4.79. The zero-order valence-electron chi connectivity index (χ0n) is 12.6. The fourth-order valence-electron chi connectivity index (χ4n) is 1.80. The maximum absolute atomic E-state index is 4.64. The highest BCUT2D eigenvalue weighted by molar-refractivity contribution is 14.0. The number of aromatic nitrogens is 1. The molecular formula is C13H24IN5. The SMILES string of the molecule is CN(C)C(=NCc1cccnc1N(C)C)N(C)C.I. The predicted octanol–water partition coefficient (Wildman–Crippen LogP) is 1.74. The Balaban J connectivity index is 0.00000324. The number of pyridine rings is 1. The largest absolute Gasteiger partial charge is 0.362 e. The molecule has 1 aromatic heterocycles. The van der Waals surface area contributed by atoms with Crippen molar-refractivity contribution in [3.05, 3.63) is 23.9 Å². The molecule has 0 unspecified atom stereocenters. The molecule has 108 valence electrons. The molecule has 0 radical (unpaired) electrons. The first kappa shape index (κ1) is 17.9. The summed E-state index contributed by atoms with van der Waals surface area (Å²) in [5.41, 5.74) is 1.13. The Bertz CT molecular complexity index is 405. The van der Waals surface area contributed by atoms with Gasteiger partial charge in [-0.1, -0.05) is 6.07 Å². The molecule has 0 spiro atoms. The molecule has 0 aromatic carbocycles. The minimum atomic E-state index is 0. The van der Waals surface area contributed by atoms with Crippen LogP contribution >= 0.6 is 24.0 Å². The van der Waals surface area contributed by atoms with Gasteiger partial charge in [0.1, 0.15) is 5.82 Å². The number of guanidine groups is 1. The van der Waals surface area contributed by atoms with Crippen molar-refractivity contribution in [2.75, 3.05) is 47.2 Å². The lowest BCUT2D eigenvalue weighted by atomic mass is 10.2. The number of rotatable bonds is 3. The Kier molecular flexibility index (Phi) is 7.73. The molecule has 0 aliphatic heterocycles. The molecule has 0 saturated carbocycles. The molecule has 1 rings (SSSR count). The molecule has 1 heterocycles. The van der Waals surface area contributed by atoms with E-state index in [2.05, 4.69) is 16.0 Å². The highest BCUT2D eigenvalue weighted by atomic mass is 127. The summed E-state index contributed by atoms with van der Waals surface area (Å²) in [4.78, 5) is 15.0. The van der Waals surface area contributed by atoms with Crippen LogP contribution in [0.3, 0.4) is 0 Å². The quantitative estimate of drug-likeness (QED) is 0.457. The van der Waals surface area contributed by atoms with Gasteiger partial charge in [0, 0.05) is 54.0 Å². The fraction of sp³-hybridized carbons (Fsp3) is 0.538. The van der Waals surface area contributed by atoms with Crippen molar-refractivity contribution in [1.29, 1.82) is 0 Å². The summed E-state index contributed by atoms with van der Waals surface area (Å²) in [6, 6.07) is 4.01. The highest BCUT2D eigenvalue weighted by Crippen LogP contribution is 2.15. The van der Waals surface area contributed by atoms with Crippen molar-refractivity contribution < 1.29 is 0 Å². The Hall–Kier alpha value is -1.05. The van der Waals surface area contributed by atoms with E-state index < -0.39 is 0 Å². The lowest BCUT2D eigenvalue weighted by molar-refractivity contribution is 0.479. The lowest BCUT2D eigenvalue weighted by Gasteiger charge is -2.23. The van der Waals surface area contributed by atoms with Gasteiger partial charge in [0.2, 0.25) is 0 Å². The lowest BCUT2D eigenvalue weighted by Crippen LogP contribution is -2.35. The third-order valence-corrected chi connectivity index (χ3v) is 2.48. The highest BCUT2D eigenvalue weighted by Gasteiger charge is 2.07. The molecule has 0 fully saturated rings. The average molecular weight is 377 g/mol. The van der Waals surface area contributed by atoms with E-state index in [-0.39, 0.29) is 24.0 Å². The van der Waals surface area contributed by atoms with Gasteiger partial charge in [-0.2, -0.15) is 0 Å². The minimum Gasteiger partial charge on any atom is -0.362 e. The number of hydrogen-bond acceptors (Lipinski definition) is 3. The molecular weight excluding hydrogens is 353 g/mol. The minimum absolute atomic E-state index is 0. The van der Waals surface area contributed by atoms with Crippen molar-refractivity contribution in [1.82, 2.24) is 14.8 Å². The molecule has 19 heavy (non-hydrogen) atoms. The van der Waals surface area contributed by atoms with Crippen molar-refractivity contribution in [3.63, 3.8) is 0 Å². The van der Waals surface area contributed by atoms with Crippen molar-refractivity contribution in [2.45, 2.75) is 6.54 Å². The summed E-state index contributed by atoms with van der Waals surface area (Å²) in [5.74, 6) is 1.92. The third kappa shape index (κ3) is 5.22. The van der Waals surface area contributed by atoms with Gasteiger partial charge in [0.05, 0.1) is 6.54 Å². The van der Waals surface area contributed by atoms with Crippen LogP contribution in [0.1, 0.15) is 5.56 Å². The summed E-state index contributed by atoms with van der Waals surface area (Å²) in [6.07, 6.45) is 1.81. The summed E-state index contributed by atoms with van der Waals surface area (Å²) >= 11 is 0. The van der Waals surface area contributed by atoms with Gasteiger partial charge in [-0.3, -0.25) is 0 Å². The van der Waals surface area contributed by atoms with E-state index in [4.69, 9.17) is 0 Å². The van der Waals surface area contributed by atoms with Crippen molar-refractivity contribution in [3.8, 4) is 0 Å². The summed E-state index contributed by atoms with van der Waals surface area (Å²) in [7, 11) is 12.0. The Morgan fingerprint density at radius 1 is 1.11 bits per heavy atom. The standard InChI is InChI=1S/C13H23N5.HI/c1-16(2)12-11(8-7-9-14-12)10-15-13(17(3)4)18(5)6;/h7-9H,10H2,1-6H3;1H. The number of nitrogens with zero attached hydrogens (tertiary/aromatic N) is 5. The monoisotopic (exact) mass is 377 g/mol. The Labute approximate surface area is 133 Å². The number of aliphatic imine (C=N–C) groups is 1. The first-order chi connectivity index (χ1) is 8.43. The predicted molar refractivity (Wildman–Crippen MR) is 92.5 cm³/mol. The normalized spacial score (nSPS) is 9.37. The third-order valence-electron chi connectivity index (χ3n) is 2.48. The Morgan fingerprint density at radius 3 is 2.16 bits per heavy atom. The van der Waals surface area contributed by atoms with Gasteiger partial charge < -0.3 is 14.7 Å². The van der Waals surface area contributed by atoms with Gasteiger partial charge in [-0.25, -0.2) is 9.98 Å². The molecule has 6 heteroatoms. The number of anilines is 1. The molecule has 0 aliphatic rings. The Morgan fingerprint density at radius 2 is 1.68 bits per heavy atom. The van der Waals surface area contributed by atoms with E-state index in [0.717, 1.165) is 17.3 Å². The molecule has 0 aliphatic carbocycles. The fourth-order valence-corrected chi connectivity index (χ4v) is 1.80. The summed E-state index contributed by atoms with van der Waals surface area (Å²) < 4.78 is 0. The van der Waals surface area contributed by atoms with Crippen LogP contribution in [0.5, 0.6) is 0 Å². The zero-order valence-corrected chi connectivity index (χ0v) is 14.9. The van der Waals surface area contributed by atoms with Crippen LogP contribution < -0.4 is 4.90 Å². The van der Waals surface area contributed by atoms with Crippen molar-refractivity contribution in [2.24, 2.45) is 4.99 Å². The van der Waals surface area contributed by atoms with Gasteiger partial charge in [0.15, 0.2) is 5.96 Å². The topological polar surface area (TPSA) is 35.0 Å². The van der Waals surface area contributed by atoms with Crippen LogP contribution in [0, 0.1) is 0 Å². The van der Waals surface area contributed by atoms with Gasteiger partial charge in [0.25, 0.3) is 0 Å². The molecule has 0 saturated heterocycles. The first-order valence-corrected chi connectivity index (χ1v) is 5.93. The second kappa shape index (κ2) is 8.19. The molecule has 0 atom stereocenters. The molecule has 1 aromatic rings. The van der Waals surface area contributed by atoms with E-state index in [0.29, 0.717) is 6.54 Å². The maximum Gasteiger partial charge on any atom is 0.195 e. The van der Waals surface area contributed by atoms with Gasteiger partial charge >= 0.3 is 0 Å².